The molecule has 3 aromatic rings. The second-order valence-electron chi connectivity index (χ2n) is 4.08. The monoisotopic (exact) mass is 264 g/mol. The molecule has 3 nitrogen and oxygen atoms in total. The highest BCUT2D eigenvalue weighted by atomic mass is 32.1. The predicted molar refractivity (Wildman–Crippen MR) is 75.2 cm³/mol. The van der Waals surface area contributed by atoms with Crippen molar-refractivity contribution in [3.63, 3.8) is 0 Å². The van der Waals surface area contributed by atoms with Gasteiger partial charge in [-0.2, -0.15) is 5.26 Å². The van der Waals surface area contributed by atoms with Gasteiger partial charge in [-0.1, -0.05) is 24.3 Å². The maximum absolute atomic E-state index is 10.6. The van der Waals surface area contributed by atoms with Gasteiger partial charge in [0.25, 0.3) is 0 Å². The Hall–Kier alpha value is -2.51. The maximum atomic E-state index is 10.6. The predicted octanol–water partition coefficient (Wildman–Crippen LogP) is 3.65. The molecule has 2 heterocycles. The third-order valence-electron chi connectivity index (χ3n) is 2.83. The first-order valence-corrected chi connectivity index (χ1v) is 6.47. The zero-order valence-corrected chi connectivity index (χ0v) is 10.6. The van der Waals surface area contributed by atoms with Gasteiger partial charge in [-0.3, -0.25) is 4.79 Å². The minimum atomic E-state index is 0.563. The molecule has 3 rings (SSSR count). The van der Waals surface area contributed by atoms with Crippen LogP contribution in [0.25, 0.3) is 20.7 Å². The summed E-state index contributed by atoms with van der Waals surface area (Å²) >= 11 is 1.57. The first kappa shape index (κ1) is 11.6. The fraction of sp³-hybridized carbons (Fsp3) is 0. The molecule has 0 radical (unpaired) electrons. The number of benzene rings is 1. The zero-order valence-electron chi connectivity index (χ0n) is 9.83. The lowest BCUT2D eigenvalue weighted by molar-refractivity contribution is 0.112. The largest absolute Gasteiger partial charge is 0.298 e. The average Bonchev–Trinajstić information content (AvgIpc) is 2.90. The molecule has 0 N–H and O–H groups in total. The molecule has 1 aromatic carbocycles. The molecule has 2 aromatic heterocycles. The van der Waals surface area contributed by atoms with Crippen molar-refractivity contribution in [3.8, 4) is 16.5 Å². The highest BCUT2D eigenvalue weighted by Gasteiger charge is 2.06. The molecule has 0 bridgehead atoms. The molecule has 19 heavy (non-hydrogen) atoms. The van der Waals surface area contributed by atoms with Crippen molar-refractivity contribution in [3.05, 3.63) is 53.7 Å². The van der Waals surface area contributed by atoms with Crippen molar-refractivity contribution in [1.82, 2.24) is 4.98 Å². The Morgan fingerprint density at radius 3 is 2.68 bits per heavy atom. The number of nitriles is 1. The number of nitrogens with zero attached hydrogens (tertiary/aromatic N) is 2. The van der Waals surface area contributed by atoms with Crippen LogP contribution in [0.5, 0.6) is 0 Å². The summed E-state index contributed by atoms with van der Waals surface area (Å²) in [5.41, 5.74) is 2.27. The number of carbonyl (C=O) groups is 1. The zero-order chi connectivity index (χ0) is 13.2. The van der Waals surface area contributed by atoms with Crippen LogP contribution in [-0.2, 0) is 0 Å². The van der Waals surface area contributed by atoms with Gasteiger partial charge in [0.1, 0.15) is 17.2 Å². The molecular weight excluding hydrogens is 256 g/mol. The van der Waals surface area contributed by atoms with Gasteiger partial charge >= 0.3 is 0 Å². The van der Waals surface area contributed by atoms with Crippen LogP contribution in [0.4, 0.5) is 0 Å². The Morgan fingerprint density at radius 2 is 2.00 bits per heavy atom. The van der Waals surface area contributed by atoms with Crippen molar-refractivity contribution in [2.24, 2.45) is 0 Å². The Labute approximate surface area is 113 Å². The molecule has 0 spiro atoms. The van der Waals surface area contributed by atoms with Gasteiger partial charge < -0.3 is 0 Å². The first-order valence-electron chi connectivity index (χ1n) is 5.65. The molecule has 0 aliphatic rings. The molecule has 0 amide bonds. The maximum Gasteiger partial charge on any atom is 0.150 e. The van der Waals surface area contributed by atoms with Crippen molar-refractivity contribution in [2.75, 3.05) is 0 Å². The summed E-state index contributed by atoms with van der Waals surface area (Å²) < 4.78 is 0. The standard InChI is InChI=1S/C15H8N2OS/c16-7-11-5-13-6-14(19-15(13)17-8-11)12-3-1-10(9-18)2-4-12/h1-6,8-9H. The molecule has 0 atom stereocenters. The molecule has 0 saturated heterocycles. The van der Waals surface area contributed by atoms with E-state index in [9.17, 15) is 4.79 Å². The van der Waals surface area contributed by atoms with Crippen LogP contribution in [0.3, 0.4) is 0 Å². The van der Waals surface area contributed by atoms with E-state index in [1.54, 1.807) is 29.7 Å². The quantitative estimate of drug-likeness (QED) is 0.664. The summed E-state index contributed by atoms with van der Waals surface area (Å²) in [5, 5.41) is 9.83. The van der Waals surface area contributed by atoms with Gasteiger partial charge in [0.15, 0.2) is 0 Å². The Kier molecular flexibility index (Phi) is 2.82. The van der Waals surface area contributed by atoms with E-state index < -0.39 is 0 Å². The van der Waals surface area contributed by atoms with Crippen LogP contribution in [0.15, 0.2) is 42.6 Å². The topological polar surface area (TPSA) is 53.8 Å². The smallest absolute Gasteiger partial charge is 0.150 e. The minimum absolute atomic E-state index is 0.563. The fourth-order valence-electron chi connectivity index (χ4n) is 1.86. The number of hydrogen-bond acceptors (Lipinski definition) is 4. The van der Waals surface area contributed by atoms with Gasteiger partial charge in [-0.15, -0.1) is 11.3 Å². The number of aromatic nitrogens is 1. The second-order valence-corrected chi connectivity index (χ2v) is 5.11. The summed E-state index contributed by atoms with van der Waals surface area (Å²) in [6.45, 7) is 0. The lowest BCUT2D eigenvalue weighted by Gasteiger charge is -1.96. The van der Waals surface area contributed by atoms with E-state index in [4.69, 9.17) is 5.26 Å². The molecule has 90 valence electrons. The number of fused-ring (bicyclic) bond motifs is 1. The molecule has 0 aliphatic heterocycles. The SMILES string of the molecule is N#Cc1cnc2sc(-c3ccc(C=O)cc3)cc2c1. The molecule has 0 saturated carbocycles. The first-order chi connectivity index (χ1) is 9.30. The van der Waals surface area contributed by atoms with Crippen LogP contribution in [0.1, 0.15) is 15.9 Å². The highest BCUT2D eigenvalue weighted by Crippen LogP contribution is 2.32. The average molecular weight is 264 g/mol. The molecule has 0 aliphatic carbocycles. The van der Waals surface area contributed by atoms with E-state index >= 15 is 0 Å². The third-order valence-corrected chi connectivity index (χ3v) is 3.94. The molecule has 0 unspecified atom stereocenters. The number of thiophene rings is 1. The number of hydrogen-bond donors (Lipinski definition) is 0. The lowest BCUT2D eigenvalue weighted by atomic mass is 10.1. The summed E-state index contributed by atoms with van der Waals surface area (Å²) in [5.74, 6) is 0. The Morgan fingerprint density at radius 1 is 1.21 bits per heavy atom. The molecular formula is C15H8N2OS. The van der Waals surface area contributed by atoms with E-state index in [0.29, 0.717) is 11.1 Å². The van der Waals surface area contributed by atoms with E-state index in [0.717, 1.165) is 26.9 Å². The van der Waals surface area contributed by atoms with E-state index in [-0.39, 0.29) is 0 Å². The summed E-state index contributed by atoms with van der Waals surface area (Å²) in [6, 6.07) is 13.4. The molecule has 0 fully saturated rings. The van der Waals surface area contributed by atoms with Crippen LogP contribution in [0.2, 0.25) is 0 Å². The lowest BCUT2D eigenvalue weighted by Crippen LogP contribution is -1.78. The van der Waals surface area contributed by atoms with Gasteiger partial charge in [-0.25, -0.2) is 4.98 Å². The summed E-state index contributed by atoms with van der Waals surface area (Å²) in [7, 11) is 0. The van der Waals surface area contributed by atoms with Gasteiger partial charge in [-0.05, 0) is 17.7 Å². The van der Waals surface area contributed by atoms with Gasteiger partial charge in [0, 0.05) is 22.0 Å². The minimum Gasteiger partial charge on any atom is -0.298 e. The normalized spacial score (nSPS) is 10.3. The van der Waals surface area contributed by atoms with Gasteiger partial charge in [0.05, 0.1) is 5.56 Å². The molecule has 4 heteroatoms. The number of aldehydes is 1. The fourth-order valence-corrected chi connectivity index (χ4v) is 2.85. The summed E-state index contributed by atoms with van der Waals surface area (Å²) in [4.78, 5) is 16.9. The third kappa shape index (κ3) is 2.12. The second kappa shape index (κ2) is 4.63. The Balaban J connectivity index is 2.09. The van der Waals surface area contributed by atoms with E-state index in [1.807, 2.05) is 24.3 Å². The van der Waals surface area contributed by atoms with Crippen molar-refractivity contribution in [2.45, 2.75) is 0 Å². The van der Waals surface area contributed by atoms with E-state index in [1.165, 1.54) is 0 Å². The van der Waals surface area contributed by atoms with Crippen LogP contribution < -0.4 is 0 Å². The van der Waals surface area contributed by atoms with Crippen LogP contribution in [0, 0.1) is 11.3 Å². The number of carbonyl (C=O) groups excluding carboxylic acids is 1. The highest BCUT2D eigenvalue weighted by molar-refractivity contribution is 7.21. The van der Waals surface area contributed by atoms with E-state index in [2.05, 4.69) is 11.1 Å². The van der Waals surface area contributed by atoms with Gasteiger partial charge in [0.2, 0.25) is 0 Å². The van der Waals surface area contributed by atoms with Crippen LogP contribution in [-0.4, -0.2) is 11.3 Å². The van der Waals surface area contributed by atoms with Crippen molar-refractivity contribution in [1.29, 1.82) is 5.26 Å². The number of rotatable bonds is 2. The Bertz CT molecular complexity index is 797. The number of pyridine rings is 1. The van der Waals surface area contributed by atoms with Crippen molar-refractivity contribution < 1.29 is 4.79 Å². The summed E-state index contributed by atoms with van der Waals surface area (Å²) in [6.07, 6.45) is 2.41. The van der Waals surface area contributed by atoms with Crippen molar-refractivity contribution >= 4 is 27.8 Å². The van der Waals surface area contributed by atoms with Crippen LogP contribution >= 0.6 is 11.3 Å².